The molecular formula is C17H26N4O6S2. The second kappa shape index (κ2) is 8.54. The second-order valence-electron chi connectivity index (χ2n) is 7.38. The maximum atomic E-state index is 12.9. The summed E-state index contributed by atoms with van der Waals surface area (Å²) in [5, 5.41) is 11.7. The van der Waals surface area contributed by atoms with Crippen LogP contribution in [0.15, 0.2) is 23.1 Å². The van der Waals surface area contributed by atoms with E-state index in [9.17, 15) is 26.9 Å². The van der Waals surface area contributed by atoms with Gasteiger partial charge < -0.3 is 4.90 Å². The van der Waals surface area contributed by atoms with E-state index in [-0.39, 0.29) is 17.1 Å². The van der Waals surface area contributed by atoms with Gasteiger partial charge in [0.25, 0.3) is 5.69 Å². The number of sulfonamides is 2. The molecule has 0 radical (unpaired) electrons. The Labute approximate surface area is 171 Å². The van der Waals surface area contributed by atoms with Crippen molar-refractivity contribution in [2.75, 3.05) is 50.4 Å². The van der Waals surface area contributed by atoms with Gasteiger partial charge in [-0.1, -0.05) is 6.42 Å². The number of nitrogens with zero attached hydrogens (tertiary/aromatic N) is 4. The van der Waals surface area contributed by atoms with Crippen LogP contribution in [0.5, 0.6) is 0 Å². The molecule has 10 nitrogen and oxygen atoms in total. The van der Waals surface area contributed by atoms with Crippen LogP contribution in [0.3, 0.4) is 0 Å². The summed E-state index contributed by atoms with van der Waals surface area (Å²) in [6.07, 6.45) is 4.21. The Morgan fingerprint density at radius 2 is 1.52 bits per heavy atom. The van der Waals surface area contributed by atoms with Gasteiger partial charge in [-0.3, -0.25) is 10.1 Å². The molecule has 0 aromatic heterocycles. The largest absolute Gasteiger partial charge is 0.365 e. The third kappa shape index (κ3) is 4.87. The van der Waals surface area contributed by atoms with E-state index in [0.29, 0.717) is 44.8 Å². The third-order valence-corrected chi connectivity index (χ3v) is 8.56. The van der Waals surface area contributed by atoms with E-state index < -0.39 is 25.0 Å². The predicted molar refractivity (Wildman–Crippen MR) is 109 cm³/mol. The minimum atomic E-state index is -3.78. The van der Waals surface area contributed by atoms with Crippen LogP contribution in [0.25, 0.3) is 0 Å². The number of hydrogen-bond donors (Lipinski definition) is 0. The van der Waals surface area contributed by atoms with Gasteiger partial charge in [0.05, 0.1) is 16.1 Å². The fourth-order valence-electron chi connectivity index (χ4n) is 3.80. The molecule has 29 heavy (non-hydrogen) atoms. The van der Waals surface area contributed by atoms with Gasteiger partial charge in [0, 0.05) is 45.3 Å². The van der Waals surface area contributed by atoms with Crippen molar-refractivity contribution in [2.24, 2.45) is 0 Å². The Kier molecular flexibility index (Phi) is 6.46. The first-order valence-corrected chi connectivity index (χ1v) is 12.9. The summed E-state index contributed by atoms with van der Waals surface area (Å²) in [6, 6.07) is 4.00. The van der Waals surface area contributed by atoms with Crippen LogP contribution in [-0.2, 0) is 20.0 Å². The zero-order chi connectivity index (χ0) is 21.2. The van der Waals surface area contributed by atoms with Gasteiger partial charge in [-0.25, -0.2) is 21.1 Å². The second-order valence-corrected chi connectivity index (χ2v) is 11.3. The van der Waals surface area contributed by atoms with Crippen molar-refractivity contribution in [3.8, 4) is 0 Å². The lowest BCUT2D eigenvalue weighted by Gasteiger charge is -2.26. The Bertz CT molecular complexity index is 974. The highest BCUT2D eigenvalue weighted by Crippen LogP contribution is 2.33. The van der Waals surface area contributed by atoms with Crippen LogP contribution in [0.1, 0.15) is 25.7 Å². The highest BCUT2D eigenvalue weighted by molar-refractivity contribution is 7.89. The molecule has 0 spiro atoms. The summed E-state index contributed by atoms with van der Waals surface area (Å²) in [4.78, 5) is 12.8. The Morgan fingerprint density at radius 1 is 0.862 bits per heavy atom. The zero-order valence-corrected chi connectivity index (χ0v) is 18.0. The molecule has 0 N–H and O–H groups in total. The molecule has 2 aliphatic heterocycles. The standard InChI is InChI=1S/C17H26N4O6S2/c1-28(24,25)19-11-5-8-18(12-13-19)16-7-6-15(14-17(16)21(22)23)29(26,27)20-9-3-2-4-10-20/h6-7,14H,2-5,8-13H2,1H3. The summed E-state index contributed by atoms with van der Waals surface area (Å²) in [6.45, 7) is 2.17. The molecule has 0 atom stereocenters. The van der Waals surface area contributed by atoms with E-state index in [2.05, 4.69) is 0 Å². The molecule has 1 aromatic rings. The number of rotatable bonds is 5. The van der Waals surface area contributed by atoms with Crippen molar-refractivity contribution in [1.82, 2.24) is 8.61 Å². The van der Waals surface area contributed by atoms with Gasteiger partial charge in [-0.05, 0) is 31.4 Å². The number of nitro groups is 1. The highest BCUT2D eigenvalue weighted by Gasteiger charge is 2.30. The normalized spacial score (nSPS) is 20.4. The van der Waals surface area contributed by atoms with Crippen molar-refractivity contribution in [2.45, 2.75) is 30.6 Å². The SMILES string of the molecule is CS(=O)(=O)N1CCCN(c2ccc(S(=O)(=O)N3CCCCC3)cc2[N+](=O)[O-])CC1. The minimum Gasteiger partial charge on any atom is -0.365 e. The average molecular weight is 447 g/mol. The van der Waals surface area contributed by atoms with Crippen LogP contribution >= 0.6 is 0 Å². The van der Waals surface area contributed by atoms with E-state index in [1.165, 1.54) is 20.7 Å². The first-order valence-electron chi connectivity index (χ1n) is 9.59. The molecule has 2 fully saturated rings. The fraction of sp³-hybridized carbons (Fsp3) is 0.647. The quantitative estimate of drug-likeness (QED) is 0.493. The van der Waals surface area contributed by atoms with E-state index in [4.69, 9.17) is 0 Å². The molecule has 2 saturated heterocycles. The van der Waals surface area contributed by atoms with Crippen molar-refractivity contribution < 1.29 is 21.8 Å². The summed E-state index contributed by atoms with van der Waals surface area (Å²) in [5.41, 5.74) is 0.0267. The van der Waals surface area contributed by atoms with Crippen LogP contribution in [0, 0.1) is 10.1 Å². The third-order valence-electron chi connectivity index (χ3n) is 5.36. The number of piperidine rings is 1. The van der Waals surface area contributed by atoms with Crippen LogP contribution in [-0.4, -0.2) is 75.9 Å². The molecular weight excluding hydrogens is 420 g/mol. The molecule has 162 valence electrons. The molecule has 0 saturated carbocycles. The lowest BCUT2D eigenvalue weighted by molar-refractivity contribution is -0.384. The van der Waals surface area contributed by atoms with Gasteiger partial charge in [-0.2, -0.15) is 4.31 Å². The summed E-state index contributed by atoms with van der Waals surface area (Å²) in [7, 11) is -7.11. The maximum Gasteiger partial charge on any atom is 0.293 e. The van der Waals surface area contributed by atoms with Crippen molar-refractivity contribution >= 4 is 31.4 Å². The van der Waals surface area contributed by atoms with E-state index >= 15 is 0 Å². The Hall–Kier alpha value is -1.76. The fourth-order valence-corrected chi connectivity index (χ4v) is 6.21. The molecule has 3 rings (SSSR count). The predicted octanol–water partition coefficient (Wildman–Crippen LogP) is 1.24. The zero-order valence-electron chi connectivity index (χ0n) is 16.4. The van der Waals surface area contributed by atoms with Crippen molar-refractivity contribution in [3.63, 3.8) is 0 Å². The van der Waals surface area contributed by atoms with Crippen molar-refractivity contribution in [3.05, 3.63) is 28.3 Å². The van der Waals surface area contributed by atoms with Gasteiger partial charge in [0.2, 0.25) is 20.0 Å². The monoisotopic (exact) mass is 446 g/mol. The van der Waals surface area contributed by atoms with E-state index in [1.807, 2.05) is 0 Å². The number of anilines is 1. The average Bonchev–Trinajstić information content (AvgIpc) is 2.94. The van der Waals surface area contributed by atoms with E-state index in [0.717, 1.165) is 31.6 Å². The van der Waals surface area contributed by atoms with E-state index in [1.54, 1.807) is 4.90 Å². The first kappa shape index (κ1) is 21.9. The molecule has 0 unspecified atom stereocenters. The van der Waals surface area contributed by atoms with Gasteiger partial charge in [0.1, 0.15) is 5.69 Å². The first-order chi connectivity index (χ1) is 13.6. The lowest BCUT2D eigenvalue weighted by atomic mass is 10.2. The molecule has 2 heterocycles. The smallest absolute Gasteiger partial charge is 0.293 e. The Balaban J connectivity index is 1.90. The maximum absolute atomic E-state index is 12.9. The molecule has 0 amide bonds. The number of benzene rings is 1. The highest BCUT2D eigenvalue weighted by atomic mass is 32.2. The van der Waals surface area contributed by atoms with Gasteiger partial charge in [0.15, 0.2) is 0 Å². The molecule has 1 aromatic carbocycles. The topological polar surface area (TPSA) is 121 Å². The van der Waals surface area contributed by atoms with Crippen LogP contribution < -0.4 is 4.90 Å². The molecule has 2 aliphatic rings. The minimum absolute atomic E-state index is 0.0811. The summed E-state index contributed by atoms with van der Waals surface area (Å²) in [5.74, 6) is 0. The lowest BCUT2D eigenvalue weighted by Crippen LogP contribution is -2.36. The van der Waals surface area contributed by atoms with Crippen LogP contribution in [0.2, 0.25) is 0 Å². The summed E-state index contributed by atoms with van der Waals surface area (Å²) < 4.78 is 52.1. The van der Waals surface area contributed by atoms with Crippen LogP contribution in [0.4, 0.5) is 11.4 Å². The molecule has 12 heteroatoms. The number of hydrogen-bond acceptors (Lipinski definition) is 7. The molecule has 0 bridgehead atoms. The number of nitro benzene ring substituents is 1. The van der Waals surface area contributed by atoms with Crippen molar-refractivity contribution in [1.29, 1.82) is 0 Å². The van der Waals surface area contributed by atoms with Gasteiger partial charge in [-0.15, -0.1) is 0 Å². The molecule has 0 aliphatic carbocycles. The Morgan fingerprint density at radius 3 is 2.14 bits per heavy atom. The summed E-state index contributed by atoms with van der Waals surface area (Å²) >= 11 is 0. The van der Waals surface area contributed by atoms with Gasteiger partial charge >= 0.3 is 0 Å².